The molecule has 0 amide bonds. The number of hydrogen-bond donors (Lipinski definition) is 1. The summed E-state index contributed by atoms with van der Waals surface area (Å²) in [4.78, 5) is 24.6. The van der Waals surface area contributed by atoms with Gasteiger partial charge in [-0.2, -0.15) is 0 Å². The lowest BCUT2D eigenvalue weighted by molar-refractivity contribution is -0.230. The summed E-state index contributed by atoms with van der Waals surface area (Å²) >= 11 is 1.95. The lowest BCUT2D eigenvalue weighted by Gasteiger charge is -2.33. The van der Waals surface area contributed by atoms with Crippen LogP contribution in [0.25, 0.3) is 6.08 Å². The predicted molar refractivity (Wildman–Crippen MR) is 100 cm³/mol. The lowest BCUT2D eigenvalue weighted by atomic mass is 10.1. The number of rotatable bonds is 6. The summed E-state index contributed by atoms with van der Waals surface area (Å²) in [6.07, 6.45) is 3.53. The normalized spacial score (nSPS) is 20.1. The summed E-state index contributed by atoms with van der Waals surface area (Å²) in [5.41, 5.74) is 0.352. The average Bonchev–Trinajstić information content (AvgIpc) is 2.54. The van der Waals surface area contributed by atoms with Crippen LogP contribution in [0.3, 0.4) is 0 Å². The van der Waals surface area contributed by atoms with Crippen molar-refractivity contribution in [2.24, 2.45) is 0 Å². The number of unbranched alkanes of at least 4 members (excludes halogenated alkanes) is 1. The molecule has 0 spiro atoms. The summed E-state index contributed by atoms with van der Waals surface area (Å²) in [6.45, 7) is 5.77. The molecular formula is C18H21IO6. The predicted octanol–water partition coefficient (Wildman–Crippen LogP) is 3.79. The minimum atomic E-state index is -1.22. The Hall–Kier alpha value is -1.77. The number of phenolic OH excluding ortho intramolecular Hbond substituents is 1. The van der Waals surface area contributed by atoms with Crippen molar-refractivity contribution in [3.63, 3.8) is 0 Å². The van der Waals surface area contributed by atoms with Crippen molar-refractivity contribution in [2.45, 2.75) is 45.8 Å². The Morgan fingerprint density at radius 1 is 1.24 bits per heavy atom. The second kappa shape index (κ2) is 8.07. The van der Waals surface area contributed by atoms with E-state index in [1.165, 1.54) is 6.08 Å². The molecule has 1 aromatic carbocycles. The second-order valence-electron chi connectivity index (χ2n) is 5.86. The van der Waals surface area contributed by atoms with Crippen LogP contribution in [0.5, 0.6) is 11.5 Å². The Labute approximate surface area is 160 Å². The zero-order chi connectivity index (χ0) is 18.6. The van der Waals surface area contributed by atoms with Crippen molar-refractivity contribution < 1.29 is 28.9 Å². The van der Waals surface area contributed by atoms with Gasteiger partial charge in [0.2, 0.25) is 0 Å². The lowest BCUT2D eigenvalue weighted by Crippen LogP contribution is -2.44. The SMILES string of the molecule is CCCCC1(C)OC(=O)C(=Cc2cc(I)c(O)c(OCC)c2)C(=O)O1. The fourth-order valence-electron chi connectivity index (χ4n) is 2.43. The van der Waals surface area contributed by atoms with E-state index in [2.05, 4.69) is 0 Å². The van der Waals surface area contributed by atoms with Crippen LogP contribution in [0, 0.1) is 3.57 Å². The fourth-order valence-corrected chi connectivity index (χ4v) is 3.06. The van der Waals surface area contributed by atoms with Crippen LogP contribution in [-0.4, -0.2) is 29.4 Å². The quantitative estimate of drug-likeness (QED) is 0.301. The van der Waals surface area contributed by atoms with E-state index < -0.39 is 17.7 Å². The van der Waals surface area contributed by atoms with Gasteiger partial charge in [-0.15, -0.1) is 0 Å². The van der Waals surface area contributed by atoms with E-state index in [1.54, 1.807) is 26.0 Å². The van der Waals surface area contributed by atoms with Gasteiger partial charge >= 0.3 is 11.9 Å². The molecule has 1 aliphatic heterocycles. The molecule has 6 nitrogen and oxygen atoms in total. The largest absolute Gasteiger partial charge is 0.504 e. The molecule has 0 radical (unpaired) electrons. The molecule has 0 saturated carbocycles. The number of benzene rings is 1. The first kappa shape index (κ1) is 19.6. The van der Waals surface area contributed by atoms with Gasteiger partial charge in [-0.3, -0.25) is 0 Å². The number of cyclic esters (lactones) is 2. The van der Waals surface area contributed by atoms with Crippen molar-refractivity contribution in [3.05, 3.63) is 26.8 Å². The molecule has 25 heavy (non-hydrogen) atoms. The van der Waals surface area contributed by atoms with Crippen molar-refractivity contribution in [3.8, 4) is 11.5 Å². The van der Waals surface area contributed by atoms with Gasteiger partial charge in [0.05, 0.1) is 10.2 Å². The molecule has 1 saturated heterocycles. The maximum absolute atomic E-state index is 12.3. The number of esters is 2. The van der Waals surface area contributed by atoms with Gasteiger partial charge < -0.3 is 19.3 Å². The van der Waals surface area contributed by atoms with Gasteiger partial charge in [-0.25, -0.2) is 9.59 Å². The monoisotopic (exact) mass is 460 g/mol. The van der Waals surface area contributed by atoms with Gasteiger partial charge in [0.25, 0.3) is 5.79 Å². The average molecular weight is 460 g/mol. The van der Waals surface area contributed by atoms with E-state index in [0.717, 1.165) is 12.8 Å². The van der Waals surface area contributed by atoms with E-state index in [4.69, 9.17) is 14.2 Å². The van der Waals surface area contributed by atoms with E-state index in [-0.39, 0.29) is 17.1 Å². The van der Waals surface area contributed by atoms with Crippen LogP contribution < -0.4 is 4.74 Å². The van der Waals surface area contributed by atoms with Gasteiger partial charge in [-0.1, -0.05) is 13.3 Å². The zero-order valence-corrected chi connectivity index (χ0v) is 16.6. The minimum absolute atomic E-state index is 0.0190. The smallest absolute Gasteiger partial charge is 0.348 e. The summed E-state index contributed by atoms with van der Waals surface area (Å²) in [5, 5.41) is 9.98. The molecule has 0 bridgehead atoms. The van der Waals surface area contributed by atoms with Crippen molar-refractivity contribution in [2.75, 3.05) is 6.61 Å². The van der Waals surface area contributed by atoms with E-state index in [9.17, 15) is 14.7 Å². The molecule has 1 N–H and O–H groups in total. The van der Waals surface area contributed by atoms with E-state index in [0.29, 0.717) is 22.2 Å². The Kier molecular flexibility index (Phi) is 6.31. The Morgan fingerprint density at radius 3 is 2.44 bits per heavy atom. The van der Waals surface area contributed by atoms with Crippen LogP contribution in [0.15, 0.2) is 17.7 Å². The number of hydrogen-bond acceptors (Lipinski definition) is 6. The first-order valence-corrected chi connectivity index (χ1v) is 9.21. The molecule has 136 valence electrons. The number of halogens is 1. The van der Waals surface area contributed by atoms with Gasteiger partial charge in [-0.05, 0) is 59.7 Å². The van der Waals surface area contributed by atoms with Gasteiger partial charge in [0.15, 0.2) is 11.5 Å². The first-order valence-electron chi connectivity index (χ1n) is 8.13. The molecule has 1 aromatic rings. The number of phenols is 1. The van der Waals surface area contributed by atoms with Gasteiger partial charge in [0, 0.05) is 13.3 Å². The van der Waals surface area contributed by atoms with Crippen LogP contribution >= 0.6 is 22.6 Å². The van der Waals surface area contributed by atoms with Crippen molar-refractivity contribution >= 4 is 40.6 Å². The summed E-state index contributed by atoms with van der Waals surface area (Å²) in [6, 6.07) is 3.19. The standard InChI is InChI=1S/C18H21IO6/c1-4-6-7-18(3)24-16(21)12(17(22)25-18)8-11-9-13(19)15(20)14(10-11)23-5-2/h8-10,20H,4-7H2,1-3H3. The number of aromatic hydroxyl groups is 1. The maximum atomic E-state index is 12.3. The zero-order valence-electron chi connectivity index (χ0n) is 14.4. The number of ether oxygens (including phenoxy) is 3. The topological polar surface area (TPSA) is 82.1 Å². The molecule has 1 fully saturated rings. The van der Waals surface area contributed by atoms with Crippen LogP contribution in [-0.2, 0) is 19.1 Å². The molecule has 1 heterocycles. The number of carbonyl (C=O) groups excluding carboxylic acids is 2. The summed E-state index contributed by atoms with van der Waals surface area (Å²) < 4.78 is 16.6. The highest BCUT2D eigenvalue weighted by atomic mass is 127. The summed E-state index contributed by atoms with van der Waals surface area (Å²) in [7, 11) is 0. The Morgan fingerprint density at radius 2 is 1.88 bits per heavy atom. The first-order chi connectivity index (χ1) is 11.8. The summed E-state index contributed by atoms with van der Waals surface area (Å²) in [5.74, 6) is -2.34. The van der Waals surface area contributed by atoms with E-state index >= 15 is 0 Å². The Balaban J connectivity index is 2.30. The Bertz CT molecular complexity index is 690. The molecule has 2 rings (SSSR count). The van der Waals surface area contributed by atoms with Crippen molar-refractivity contribution in [1.82, 2.24) is 0 Å². The molecule has 0 aliphatic carbocycles. The third-order valence-electron chi connectivity index (χ3n) is 3.70. The highest BCUT2D eigenvalue weighted by Crippen LogP contribution is 2.34. The van der Waals surface area contributed by atoms with E-state index in [1.807, 2.05) is 29.5 Å². The van der Waals surface area contributed by atoms with Crippen molar-refractivity contribution in [1.29, 1.82) is 0 Å². The van der Waals surface area contributed by atoms with Crippen LogP contribution in [0.1, 0.15) is 45.6 Å². The molecule has 0 unspecified atom stereocenters. The highest BCUT2D eigenvalue weighted by molar-refractivity contribution is 14.1. The molecule has 1 aliphatic rings. The molecular weight excluding hydrogens is 439 g/mol. The third kappa shape index (κ3) is 4.65. The fraction of sp³-hybridized carbons (Fsp3) is 0.444. The third-order valence-corrected chi connectivity index (χ3v) is 4.53. The molecule has 0 aromatic heterocycles. The molecule has 7 heteroatoms. The van der Waals surface area contributed by atoms with Gasteiger partial charge in [0.1, 0.15) is 5.57 Å². The van der Waals surface area contributed by atoms with Crippen LogP contribution in [0.2, 0.25) is 0 Å². The number of carbonyl (C=O) groups is 2. The molecule has 0 atom stereocenters. The minimum Gasteiger partial charge on any atom is -0.504 e. The maximum Gasteiger partial charge on any atom is 0.348 e. The van der Waals surface area contributed by atoms with Crippen LogP contribution in [0.4, 0.5) is 0 Å². The highest BCUT2D eigenvalue weighted by Gasteiger charge is 2.41. The second-order valence-corrected chi connectivity index (χ2v) is 7.02.